The van der Waals surface area contributed by atoms with E-state index in [0.29, 0.717) is 0 Å². The molecule has 2 aromatic rings. The summed E-state index contributed by atoms with van der Waals surface area (Å²) in [5.74, 6) is 0. The summed E-state index contributed by atoms with van der Waals surface area (Å²) in [5.41, 5.74) is 5.27. The smallest absolute Gasteiger partial charge is 0.0891 e. The highest BCUT2D eigenvalue weighted by atomic mass is 14.8. The van der Waals surface area contributed by atoms with Crippen molar-refractivity contribution in [2.24, 2.45) is 9.98 Å². The average Bonchev–Trinajstić information content (AvgIpc) is 3.32. The summed E-state index contributed by atoms with van der Waals surface area (Å²) in [4.78, 5) is 16.3. The number of nitrogens with zero attached hydrogens (tertiary/aromatic N) is 2. The predicted octanol–water partition coefficient (Wildman–Crippen LogP) is 1.78. The Hall–Kier alpha value is -3.14. The minimum atomic E-state index is 0.0775. The van der Waals surface area contributed by atoms with Crippen LogP contribution in [0.3, 0.4) is 0 Å². The number of rotatable bonds is 0. The van der Waals surface area contributed by atoms with Crippen LogP contribution in [0.15, 0.2) is 70.3 Å². The van der Waals surface area contributed by atoms with Crippen LogP contribution in [-0.4, -0.2) is 27.4 Å². The van der Waals surface area contributed by atoms with Gasteiger partial charge in [-0.2, -0.15) is 0 Å². The molecule has 1 unspecified atom stereocenters. The molecule has 0 aromatic carbocycles. The first-order valence-corrected chi connectivity index (χ1v) is 8.10. The second-order valence-corrected chi connectivity index (χ2v) is 6.21. The molecule has 8 bridgehead atoms. The SMILES string of the molecule is C1=CC2=NC1=CC1C=CC(=N1)Cc1ccc([nH]1)C=c1ccc([nH]1)=C2. The van der Waals surface area contributed by atoms with Gasteiger partial charge in [-0.05, 0) is 60.7 Å². The van der Waals surface area contributed by atoms with E-state index in [0.717, 1.165) is 39.9 Å². The van der Waals surface area contributed by atoms with Gasteiger partial charge >= 0.3 is 0 Å². The van der Waals surface area contributed by atoms with Crippen LogP contribution >= 0.6 is 0 Å². The number of aromatic nitrogens is 2. The van der Waals surface area contributed by atoms with Crippen molar-refractivity contribution in [1.82, 2.24) is 9.97 Å². The molecule has 0 amide bonds. The van der Waals surface area contributed by atoms with Gasteiger partial charge in [-0.1, -0.05) is 6.08 Å². The standard InChI is InChI=1S/C20H16N4/c1-2-14-10-16-5-6-18(23-16)12-20-8-7-19(24-20)11-17-4-3-15(22-17)9-13(1)21-14/h1-11,16,22,24H,12H2. The summed E-state index contributed by atoms with van der Waals surface area (Å²) in [6.45, 7) is 0. The molecule has 1 atom stereocenters. The van der Waals surface area contributed by atoms with Crippen molar-refractivity contribution in [3.05, 3.63) is 82.4 Å². The van der Waals surface area contributed by atoms with Crippen LogP contribution < -0.4 is 10.7 Å². The van der Waals surface area contributed by atoms with Crippen molar-refractivity contribution in [2.75, 3.05) is 0 Å². The lowest BCUT2D eigenvalue weighted by Crippen LogP contribution is -2.11. The Morgan fingerprint density at radius 2 is 1.83 bits per heavy atom. The van der Waals surface area contributed by atoms with E-state index in [1.165, 1.54) is 5.69 Å². The summed E-state index contributed by atoms with van der Waals surface area (Å²) in [5, 5.41) is 2.11. The summed E-state index contributed by atoms with van der Waals surface area (Å²) in [7, 11) is 0. The van der Waals surface area contributed by atoms with Gasteiger partial charge in [0.2, 0.25) is 0 Å². The van der Waals surface area contributed by atoms with Crippen molar-refractivity contribution in [3.8, 4) is 0 Å². The maximum absolute atomic E-state index is 4.76. The molecule has 5 rings (SSSR count). The van der Waals surface area contributed by atoms with Gasteiger partial charge in [-0.25, -0.2) is 4.99 Å². The van der Waals surface area contributed by atoms with Gasteiger partial charge in [0.05, 0.1) is 17.5 Å². The first-order valence-electron chi connectivity index (χ1n) is 8.10. The first-order chi connectivity index (χ1) is 11.8. The molecular formula is C20H16N4. The maximum Gasteiger partial charge on any atom is 0.0891 e. The van der Waals surface area contributed by atoms with E-state index in [1.54, 1.807) is 0 Å². The number of H-pyrrole nitrogens is 2. The third-order valence-electron chi connectivity index (χ3n) is 4.31. The fourth-order valence-corrected chi connectivity index (χ4v) is 3.19. The highest BCUT2D eigenvalue weighted by molar-refractivity contribution is 6.19. The zero-order valence-corrected chi connectivity index (χ0v) is 13.0. The molecule has 2 aromatic heterocycles. The van der Waals surface area contributed by atoms with Crippen molar-refractivity contribution in [1.29, 1.82) is 0 Å². The van der Waals surface area contributed by atoms with Gasteiger partial charge in [0.15, 0.2) is 0 Å². The predicted molar refractivity (Wildman–Crippen MR) is 97.6 cm³/mol. The third-order valence-corrected chi connectivity index (χ3v) is 4.31. The highest BCUT2D eigenvalue weighted by Gasteiger charge is 2.12. The van der Waals surface area contributed by atoms with Gasteiger partial charge in [0, 0.05) is 34.2 Å². The molecule has 0 spiro atoms. The molecule has 0 radical (unpaired) electrons. The van der Waals surface area contributed by atoms with Crippen LogP contribution in [0.2, 0.25) is 0 Å². The van der Waals surface area contributed by atoms with Gasteiger partial charge in [-0.15, -0.1) is 0 Å². The van der Waals surface area contributed by atoms with Crippen LogP contribution in [0, 0.1) is 0 Å². The van der Waals surface area contributed by atoms with Gasteiger partial charge < -0.3 is 9.97 Å². The highest BCUT2D eigenvalue weighted by Crippen LogP contribution is 2.16. The topological polar surface area (TPSA) is 56.3 Å². The number of aromatic amines is 2. The second-order valence-electron chi connectivity index (χ2n) is 6.21. The van der Waals surface area contributed by atoms with E-state index in [-0.39, 0.29) is 6.04 Å². The fraction of sp³-hybridized carbons (Fsp3) is 0.100. The Kier molecular flexibility index (Phi) is 2.88. The van der Waals surface area contributed by atoms with Crippen LogP contribution in [0.4, 0.5) is 0 Å². The summed E-state index contributed by atoms with van der Waals surface area (Å²) in [6.07, 6.45) is 15.4. The molecule has 4 nitrogen and oxygen atoms in total. The average molecular weight is 312 g/mol. The number of hydrogen-bond acceptors (Lipinski definition) is 2. The minimum absolute atomic E-state index is 0.0775. The Morgan fingerprint density at radius 3 is 2.79 bits per heavy atom. The van der Waals surface area contributed by atoms with E-state index in [9.17, 15) is 0 Å². The molecule has 24 heavy (non-hydrogen) atoms. The van der Waals surface area contributed by atoms with Gasteiger partial charge in [-0.3, -0.25) is 4.99 Å². The van der Waals surface area contributed by atoms with E-state index >= 15 is 0 Å². The van der Waals surface area contributed by atoms with Crippen molar-refractivity contribution < 1.29 is 0 Å². The molecule has 0 fully saturated rings. The van der Waals surface area contributed by atoms with E-state index in [4.69, 9.17) is 4.99 Å². The van der Waals surface area contributed by atoms with Gasteiger partial charge in [0.1, 0.15) is 0 Å². The molecular weight excluding hydrogens is 296 g/mol. The number of aliphatic imine (C=N–C) groups is 2. The normalized spacial score (nSPS) is 21.0. The molecule has 5 heterocycles. The maximum atomic E-state index is 4.76. The summed E-state index contributed by atoms with van der Waals surface area (Å²) >= 11 is 0. The van der Waals surface area contributed by atoms with Crippen molar-refractivity contribution >= 4 is 23.6 Å². The Labute approximate surface area is 139 Å². The van der Waals surface area contributed by atoms with Crippen LogP contribution in [-0.2, 0) is 6.42 Å². The molecule has 0 aliphatic carbocycles. The number of hydrogen-bond donors (Lipinski definition) is 2. The Balaban J connectivity index is 1.66. The van der Waals surface area contributed by atoms with Crippen LogP contribution in [0.1, 0.15) is 11.4 Å². The van der Waals surface area contributed by atoms with Crippen LogP contribution in [0.25, 0.3) is 12.2 Å². The van der Waals surface area contributed by atoms with E-state index < -0.39 is 0 Å². The number of allylic oxidation sites excluding steroid dienone is 3. The van der Waals surface area contributed by atoms with Gasteiger partial charge in [0.25, 0.3) is 0 Å². The van der Waals surface area contributed by atoms with Crippen molar-refractivity contribution in [2.45, 2.75) is 12.5 Å². The number of fused-ring (bicyclic) bond motifs is 6. The molecule has 3 aliphatic heterocycles. The fourth-order valence-electron chi connectivity index (χ4n) is 3.19. The zero-order chi connectivity index (χ0) is 15.9. The van der Waals surface area contributed by atoms with Crippen LogP contribution in [0.5, 0.6) is 0 Å². The zero-order valence-electron chi connectivity index (χ0n) is 13.0. The molecule has 4 heteroatoms. The van der Waals surface area contributed by atoms with E-state index in [1.807, 2.05) is 12.2 Å². The van der Waals surface area contributed by atoms with Crippen molar-refractivity contribution in [3.63, 3.8) is 0 Å². The minimum Gasteiger partial charge on any atom is -0.359 e. The Morgan fingerprint density at radius 1 is 0.917 bits per heavy atom. The lowest BCUT2D eigenvalue weighted by molar-refractivity contribution is 1.03. The monoisotopic (exact) mass is 312 g/mol. The third kappa shape index (κ3) is 2.52. The molecule has 0 saturated carbocycles. The lowest BCUT2D eigenvalue weighted by Gasteiger charge is -1.99. The number of nitrogens with one attached hydrogen (secondary N) is 2. The molecule has 116 valence electrons. The summed E-state index contributed by atoms with van der Waals surface area (Å²) < 4.78 is 0. The second kappa shape index (κ2) is 5.20. The molecule has 3 aliphatic rings. The molecule has 2 N–H and O–H groups in total. The quantitative estimate of drug-likeness (QED) is 0.745. The van der Waals surface area contributed by atoms with E-state index in [2.05, 4.69) is 69.6 Å². The first kappa shape index (κ1) is 13.3. The summed E-state index contributed by atoms with van der Waals surface area (Å²) in [6, 6.07) is 8.45. The molecule has 0 saturated heterocycles. The Bertz CT molecular complexity index is 1080. The largest absolute Gasteiger partial charge is 0.359 e. The lowest BCUT2D eigenvalue weighted by atomic mass is 10.2.